The molecule has 106 valence electrons. The highest BCUT2D eigenvalue weighted by atomic mass is 16.4. The molecule has 1 aromatic heterocycles. The minimum absolute atomic E-state index is 0.0628. The summed E-state index contributed by atoms with van der Waals surface area (Å²) in [6.45, 7) is 2.73. The van der Waals surface area contributed by atoms with Crippen LogP contribution in [-0.2, 0) is 17.8 Å². The summed E-state index contributed by atoms with van der Waals surface area (Å²) < 4.78 is 2.17. The lowest BCUT2D eigenvalue weighted by Crippen LogP contribution is -2.03. The highest BCUT2D eigenvalue weighted by molar-refractivity contribution is 5.76. The molecular formula is C17H16N2O2. The van der Waals surface area contributed by atoms with Gasteiger partial charge in [-0.25, -0.2) is 4.98 Å². The average molecular weight is 280 g/mol. The first-order chi connectivity index (χ1) is 10.1. The number of imidazole rings is 1. The topological polar surface area (TPSA) is 55.1 Å². The van der Waals surface area contributed by atoms with Crippen LogP contribution in [0.3, 0.4) is 0 Å². The summed E-state index contributed by atoms with van der Waals surface area (Å²) in [5.74, 6) is 0.171. The van der Waals surface area contributed by atoms with Crippen molar-refractivity contribution in [1.82, 2.24) is 9.55 Å². The number of aliphatic carboxylic acids is 1. The highest BCUT2D eigenvalue weighted by Crippen LogP contribution is 2.17. The Hall–Kier alpha value is -2.62. The van der Waals surface area contributed by atoms with Crippen molar-refractivity contribution < 1.29 is 9.90 Å². The molecule has 0 amide bonds. The number of carbonyl (C=O) groups is 1. The van der Waals surface area contributed by atoms with Crippen molar-refractivity contribution in [3.63, 3.8) is 0 Å². The first kappa shape index (κ1) is 13.4. The zero-order chi connectivity index (χ0) is 14.8. The quantitative estimate of drug-likeness (QED) is 0.799. The van der Waals surface area contributed by atoms with Gasteiger partial charge in [0.2, 0.25) is 0 Å². The van der Waals surface area contributed by atoms with E-state index in [0.717, 1.165) is 34.5 Å². The van der Waals surface area contributed by atoms with Gasteiger partial charge in [0.1, 0.15) is 5.82 Å². The van der Waals surface area contributed by atoms with E-state index in [1.807, 2.05) is 49.4 Å². The van der Waals surface area contributed by atoms with Crippen LogP contribution in [0, 0.1) is 6.92 Å². The van der Waals surface area contributed by atoms with Crippen molar-refractivity contribution in [2.24, 2.45) is 0 Å². The average Bonchev–Trinajstić information content (AvgIpc) is 2.77. The number of aromatic nitrogens is 2. The van der Waals surface area contributed by atoms with Crippen LogP contribution in [0.1, 0.15) is 17.0 Å². The van der Waals surface area contributed by atoms with E-state index in [1.165, 1.54) is 0 Å². The summed E-state index contributed by atoms with van der Waals surface area (Å²) in [5, 5.41) is 8.79. The maximum absolute atomic E-state index is 10.7. The molecule has 3 rings (SSSR count). The van der Waals surface area contributed by atoms with Crippen molar-refractivity contribution in [1.29, 1.82) is 0 Å². The molecule has 1 N–H and O–H groups in total. The molecule has 0 spiro atoms. The number of para-hydroxylation sites is 2. The zero-order valence-corrected chi connectivity index (χ0v) is 11.8. The van der Waals surface area contributed by atoms with Gasteiger partial charge >= 0.3 is 5.97 Å². The van der Waals surface area contributed by atoms with Crippen LogP contribution >= 0.6 is 0 Å². The zero-order valence-electron chi connectivity index (χ0n) is 11.8. The summed E-state index contributed by atoms with van der Waals surface area (Å²) in [5.41, 5.74) is 4.07. The molecule has 1 heterocycles. The molecule has 3 aromatic rings. The van der Waals surface area contributed by atoms with E-state index < -0.39 is 5.97 Å². The Labute approximate surface area is 122 Å². The van der Waals surface area contributed by atoms with E-state index in [0.29, 0.717) is 0 Å². The van der Waals surface area contributed by atoms with Crippen LogP contribution in [0.4, 0.5) is 0 Å². The second-order valence-corrected chi connectivity index (χ2v) is 5.12. The van der Waals surface area contributed by atoms with Crippen molar-refractivity contribution in [3.05, 3.63) is 65.5 Å². The number of aryl methyl sites for hydroxylation is 1. The Morgan fingerprint density at radius 2 is 1.76 bits per heavy atom. The molecule has 0 aliphatic heterocycles. The number of benzene rings is 2. The number of carboxylic acid groups (broad SMARTS) is 1. The van der Waals surface area contributed by atoms with E-state index in [4.69, 9.17) is 5.11 Å². The summed E-state index contributed by atoms with van der Waals surface area (Å²) in [6, 6.07) is 15.8. The number of rotatable bonds is 4. The molecule has 0 fully saturated rings. The van der Waals surface area contributed by atoms with Crippen LogP contribution in [-0.4, -0.2) is 20.6 Å². The number of carboxylic acids is 1. The van der Waals surface area contributed by atoms with Crippen molar-refractivity contribution in [2.45, 2.75) is 19.9 Å². The van der Waals surface area contributed by atoms with Gasteiger partial charge < -0.3 is 9.67 Å². The van der Waals surface area contributed by atoms with Gasteiger partial charge in [-0.05, 0) is 30.2 Å². The Balaban J connectivity index is 1.88. The predicted molar refractivity (Wildman–Crippen MR) is 81.4 cm³/mol. The molecule has 0 saturated heterocycles. The first-order valence-electron chi connectivity index (χ1n) is 6.85. The molecule has 0 atom stereocenters. The van der Waals surface area contributed by atoms with Crippen molar-refractivity contribution in [2.75, 3.05) is 0 Å². The standard InChI is InChI=1S/C17H16N2O2/c1-12-18-15-4-2-3-5-16(15)19(12)11-14-8-6-13(7-9-14)10-17(20)21/h2-9H,10-11H2,1H3,(H,20,21). The SMILES string of the molecule is Cc1nc2ccccc2n1Cc1ccc(CC(=O)O)cc1. The van der Waals surface area contributed by atoms with Gasteiger partial charge in [0.15, 0.2) is 0 Å². The van der Waals surface area contributed by atoms with Gasteiger partial charge in [-0.3, -0.25) is 4.79 Å². The van der Waals surface area contributed by atoms with Crippen LogP contribution in [0.25, 0.3) is 11.0 Å². The van der Waals surface area contributed by atoms with E-state index in [2.05, 4.69) is 15.6 Å². The van der Waals surface area contributed by atoms with Crippen LogP contribution in [0.15, 0.2) is 48.5 Å². The maximum Gasteiger partial charge on any atom is 0.307 e. The van der Waals surface area contributed by atoms with Gasteiger partial charge in [0, 0.05) is 6.54 Å². The fourth-order valence-electron chi connectivity index (χ4n) is 2.52. The van der Waals surface area contributed by atoms with Gasteiger partial charge in [0.25, 0.3) is 0 Å². The van der Waals surface area contributed by atoms with Gasteiger partial charge in [-0.2, -0.15) is 0 Å². The van der Waals surface area contributed by atoms with Crippen LogP contribution < -0.4 is 0 Å². The molecule has 0 bridgehead atoms. The molecular weight excluding hydrogens is 264 g/mol. The monoisotopic (exact) mass is 280 g/mol. The van der Waals surface area contributed by atoms with E-state index >= 15 is 0 Å². The molecule has 4 nitrogen and oxygen atoms in total. The molecule has 21 heavy (non-hydrogen) atoms. The number of hydrogen-bond acceptors (Lipinski definition) is 2. The molecule has 0 unspecified atom stereocenters. The lowest BCUT2D eigenvalue weighted by Gasteiger charge is -2.08. The van der Waals surface area contributed by atoms with E-state index in [9.17, 15) is 4.79 Å². The Morgan fingerprint density at radius 3 is 2.48 bits per heavy atom. The summed E-state index contributed by atoms with van der Waals surface area (Å²) in [6.07, 6.45) is 0.0628. The Bertz CT molecular complexity index is 788. The normalized spacial score (nSPS) is 10.9. The van der Waals surface area contributed by atoms with Crippen LogP contribution in [0.2, 0.25) is 0 Å². The minimum atomic E-state index is -0.806. The Kier molecular flexibility index (Phi) is 3.44. The third-order valence-electron chi connectivity index (χ3n) is 3.56. The number of fused-ring (bicyclic) bond motifs is 1. The largest absolute Gasteiger partial charge is 0.481 e. The van der Waals surface area contributed by atoms with E-state index in [-0.39, 0.29) is 6.42 Å². The third kappa shape index (κ3) is 2.79. The third-order valence-corrected chi connectivity index (χ3v) is 3.56. The molecule has 0 aliphatic carbocycles. The first-order valence-corrected chi connectivity index (χ1v) is 6.85. The molecule has 4 heteroatoms. The predicted octanol–water partition coefficient (Wildman–Crippen LogP) is 3.02. The lowest BCUT2D eigenvalue weighted by atomic mass is 10.1. The molecule has 2 aromatic carbocycles. The smallest absolute Gasteiger partial charge is 0.307 e. The minimum Gasteiger partial charge on any atom is -0.481 e. The second-order valence-electron chi connectivity index (χ2n) is 5.12. The van der Waals surface area contributed by atoms with Gasteiger partial charge in [-0.1, -0.05) is 36.4 Å². The summed E-state index contributed by atoms with van der Waals surface area (Å²) >= 11 is 0. The summed E-state index contributed by atoms with van der Waals surface area (Å²) in [4.78, 5) is 15.2. The maximum atomic E-state index is 10.7. The fraction of sp³-hybridized carbons (Fsp3) is 0.176. The fourth-order valence-corrected chi connectivity index (χ4v) is 2.52. The second kappa shape index (κ2) is 5.40. The lowest BCUT2D eigenvalue weighted by molar-refractivity contribution is -0.136. The van der Waals surface area contributed by atoms with Gasteiger partial charge in [-0.15, -0.1) is 0 Å². The molecule has 0 saturated carbocycles. The van der Waals surface area contributed by atoms with Crippen molar-refractivity contribution in [3.8, 4) is 0 Å². The van der Waals surface area contributed by atoms with Gasteiger partial charge in [0.05, 0.1) is 17.5 Å². The van der Waals surface area contributed by atoms with E-state index in [1.54, 1.807) is 0 Å². The number of hydrogen-bond donors (Lipinski definition) is 1. The highest BCUT2D eigenvalue weighted by Gasteiger charge is 2.07. The molecule has 0 radical (unpaired) electrons. The molecule has 0 aliphatic rings. The number of nitrogens with zero attached hydrogens (tertiary/aromatic N) is 2. The van der Waals surface area contributed by atoms with Crippen molar-refractivity contribution >= 4 is 17.0 Å². The summed E-state index contributed by atoms with van der Waals surface area (Å²) in [7, 11) is 0. The van der Waals surface area contributed by atoms with Crippen LogP contribution in [0.5, 0.6) is 0 Å². The Morgan fingerprint density at radius 1 is 1.10 bits per heavy atom.